The second kappa shape index (κ2) is 3.37. The third-order valence-electron chi connectivity index (χ3n) is 2.87. The minimum Gasteiger partial charge on any atom is -0.464 e. The smallest absolute Gasteiger partial charge is 0.149 e. The van der Waals surface area contributed by atoms with E-state index in [2.05, 4.69) is 15.9 Å². The van der Waals surface area contributed by atoms with Crippen molar-refractivity contribution in [3.8, 4) is 0 Å². The van der Waals surface area contributed by atoms with Crippen LogP contribution in [-0.4, -0.2) is 5.11 Å². The van der Waals surface area contributed by atoms with Crippen molar-refractivity contribution < 1.29 is 13.9 Å². The second-order valence-electron chi connectivity index (χ2n) is 4.57. The Labute approximate surface area is 106 Å². The molecule has 0 atom stereocenters. The zero-order valence-corrected chi connectivity index (χ0v) is 11.0. The number of furan rings is 2. The molecule has 1 N–H and O–H groups in total. The van der Waals surface area contributed by atoms with E-state index in [1.165, 1.54) is 0 Å². The molecule has 1 aromatic carbocycles. The Hall–Kier alpha value is -1.26. The summed E-state index contributed by atoms with van der Waals surface area (Å²) in [5.41, 5.74) is 1.19. The second-order valence-corrected chi connectivity index (χ2v) is 5.37. The number of hydrogen-bond donors (Lipinski definition) is 1. The van der Waals surface area contributed by atoms with Crippen molar-refractivity contribution >= 4 is 37.9 Å². The minimum absolute atomic E-state index is 0.693. The molecule has 0 aliphatic carbocycles. The molecule has 2 aromatic heterocycles. The minimum atomic E-state index is -0.987. The van der Waals surface area contributed by atoms with Gasteiger partial charge in [-0.15, -0.1) is 0 Å². The van der Waals surface area contributed by atoms with Gasteiger partial charge in [0.1, 0.15) is 11.2 Å². The first-order chi connectivity index (χ1) is 8.00. The van der Waals surface area contributed by atoms with Crippen LogP contribution < -0.4 is 0 Å². The summed E-state index contributed by atoms with van der Waals surface area (Å²) < 4.78 is 11.8. The van der Waals surface area contributed by atoms with E-state index in [-0.39, 0.29) is 0 Å². The highest BCUT2D eigenvalue weighted by molar-refractivity contribution is 9.10. The Bertz CT molecular complexity index is 649. The molecule has 0 saturated heterocycles. The fourth-order valence-electron chi connectivity index (χ4n) is 2.20. The van der Waals surface area contributed by atoms with Crippen LogP contribution in [0.5, 0.6) is 0 Å². The van der Waals surface area contributed by atoms with Gasteiger partial charge < -0.3 is 13.9 Å². The molecule has 0 saturated carbocycles. The van der Waals surface area contributed by atoms with E-state index >= 15 is 0 Å². The molecule has 3 nitrogen and oxygen atoms in total. The molecule has 0 bridgehead atoms. The average Bonchev–Trinajstić information content (AvgIpc) is 2.83. The van der Waals surface area contributed by atoms with Crippen LogP contribution >= 0.6 is 15.9 Å². The maximum Gasteiger partial charge on any atom is 0.149 e. The van der Waals surface area contributed by atoms with E-state index in [4.69, 9.17) is 8.83 Å². The molecule has 0 unspecified atom stereocenters. The summed E-state index contributed by atoms with van der Waals surface area (Å²) in [6, 6.07) is 3.70. The lowest BCUT2D eigenvalue weighted by atomic mass is 9.93. The first kappa shape index (κ1) is 10.9. The molecule has 0 aliphatic rings. The van der Waals surface area contributed by atoms with Gasteiger partial charge in [-0.05, 0) is 41.9 Å². The molecule has 2 heterocycles. The lowest BCUT2D eigenvalue weighted by Gasteiger charge is -2.19. The van der Waals surface area contributed by atoms with Gasteiger partial charge in [-0.2, -0.15) is 0 Å². The lowest BCUT2D eigenvalue weighted by molar-refractivity contribution is 0.0807. The van der Waals surface area contributed by atoms with Crippen molar-refractivity contribution in [2.24, 2.45) is 0 Å². The Kier molecular flexibility index (Phi) is 2.15. The summed E-state index contributed by atoms with van der Waals surface area (Å²) in [7, 11) is 0. The number of hydrogen-bond acceptors (Lipinski definition) is 3. The van der Waals surface area contributed by atoms with E-state index in [1.54, 1.807) is 26.4 Å². The van der Waals surface area contributed by atoms with Crippen molar-refractivity contribution in [3.05, 3.63) is 34.7 Å². The van der Waals surface area contributed by atoms with Crippen molar-refractivity contribution in [2.45, 2.75) is 19.4 Å². The highest BCUT2D eigenvalue weighted by atomic mass is 79.9. The zero-order valence-electron chi connectivity index (χ0n) is 9.45. The summed E-state index contributed by atoms with van der Waals surface area (Å²) >= 11 is 3.51. The zero-order chi connectivity index (χ0) is 12.2. The van der Waals surface area contributed by atoms with Gasteiger partial charge in [0.25, 0.3) is 0 Å². The number of benzene rings is 1. The number of rotatable bonds is 1. The molecule has 0 spiro atoms. The van der Waals surface area contributed by atoms with E-state index in [0.717, 1.165) is 26.4 Å². The summed E-state index contributed by atoms with van der Waals surface area (Å²) in [5, 5.41) is 12.1. The first-order valence-corrected chi connectivity index (χ1v) is 6.08. The predicted molar refractivity (Wildman–Crippen MR) is 68.9 cm³/mol. The summed E-state index contributed by atoms with van der Waals surface area (Å²) in [6.45, 7) is 3.48. The Morgan fingerprint density at radius 2 is 1.65 bits per heavy atom. The third kappa shape index (κ3) is 1.44. The van der Waals surface area contributed by atoms with Gasteiger partial charge in [-0.3, -0.25) is 0 Å². The van der Waals surface area contributed by atoms with Crippen LogP contribution in [0.3, 0.4) is 0 Å². The van der Waals surface area contributed by atoms with Crippen molar-refractivity contribution in [2.75, 3.05) is 0 Å². The monoisotopic (exact) mass is 294 g/mol. The third-order valence-corrected chi connectivity index (χ3v) is 3.66. The molecule has 3 aromatic rings. The molecular weight excluding hydrogens is 284 g/mol. The first-order valence-electron chi connectivity index (χ1n) is 5.29. The molecule has 17 heavy (non-hydrogen) atoms. The lowest BCUT2D eigenvalue weighted by Crippen LogP contribution is -2.16. The van der Waals surface area contributed by atoms with Crippen molar-refractivity contribution in [1.82, 2.24) is 0 Å². The van der Waals surface area contributed by atoms with Gasteiger partial charge in [-0.1, -0.05) is 0 Å². The van der Waals surface area contributed by atoms with Crippen LogP contribution in [0.15, 0.2) is 38.0 Å². The standard InChI is InChI=1S/C13H11BrO3/c1-13(2,15)9-7-3-5-17-12(7)10(14)8-4-6-16-11(8)9/h3-6,15H,1-2H3. The van der Waals surface area contributed by atoms with E-state index in [0.29, 0.717) is 5.58 Å². The Morgan fingerprint density at radius 3 is 2.29 bits per heavy atom. The van der Waals surface area contributed by atoms with Crippen LogP contribution in [0.2, 0.25) is 0 Å². The van der Waals surface area contributed by atoms with Crippen LogP contribution in [-0.2, 0) is 5.60 Å². The summed E-state index contributed by atoms with van der Waals surface area (Å²) in [4.78, 5) is 0. The SMILES string of the molecule is CC(C)(O)c1c2ccoc2c(Br)c2ccoc12. The van der Waals surface area contributed by atoms with Gasteiger partial charge in [-0.25, -0.2) is 0 Å². The quantitative estimate of drug-likeness (QED) is 0.733. The largest absolute Gasteiger partial charge is 0.464 e. The normalized spacial score (nSPS) is 12.7. The highest BCUT2D eigenvalue weighted by Crippen LogP contribution is 2.41. The Balaban J connectivity index is 2.62. The molecule has 0 radical (unpaired) electrons. The van der Waals surface area contributed by atoms with Gasteiger partial charge >= 0.3 is 0 Å². The summed E-state index contributed by atoms with van der Waals surface area (Å²) in [6.07, 6.45) is 3.23. The number of aliphatic hydroxyl groups is 1. The molecular formula is C13H11BrO3. The van der Waals surface area contributed by atoms with Crippen molar-refractivity contribution in [1.29, 1.82) is 0 Å². The molecule has 0 amide bonds. The van der Waals surface area contributed by atoms with E-state index in [9.17, 15) is 5.11 Å². The van der Waals surface area contributed by atoms with Crippen LogP contribution in [0.1, 0.15) is 19.4 Å². The maximum atomic E-state index is 10.3. The highest BCUT2D eigenvalue weighted by Gasteiger charge is 2.27. The number of fused-ring (bicyclic) bond motifs is 2. The Morgan fingerprint density at radius 1 is 1.06 bits per heavy atom. The van der Waals surface area contributed by atoms with Gasteiger partial charge in [0.2, 0.25) is 0 Å². The molecule has 88 valence electrons. The topological polar surface area (TPSA) is 46.5 Å². The van der Waals surface area contributed by atoms with Crippen molar-refractivity contribution in [3.63, 3.8) is 0 Å². The van der Waals surface area contributed by atoms with Crippen LogP contribution in [0.25, 0.3) is 21.9 Å². The van der Waals surface area contributed by atoms with Crippen LogP contribution in [0.4, 0.5) is 0 Å². The fourth-order valence-corrected chi connectivity index (χ4v) is 2.82. The van der Waals surface area contributed by atoms with Crippen LogP contribution in [0, 0.1) is 0 Å². The molecule has 3 rings (SSSR count). The molecule has 0 aliphatic heterocycles. The summed E-state index contributed by atoms with van der Waals surface area (Å²) in [5.74, 6) is 0. The van der Waals surface area contributed by atoms with E-state index < -0.39 is 5.60 Å². The fraction of sp³-hybridized carbons (Fsp3) is 0.231. The van der Waals surface area contributed by atoms with Gasteiger partial charge in [0.05, 0.1) is 22.6 Å². The average molecular weight is 295 g/mol. The van der Waals surface area contributed by atoms with Gasteiger partial charge in [0, 0.05) is 16.3 Å². The maximum absolute atomic E-state index is 10.3. The van der Waals surface area contributed by atoms with Gasteiger partial charge in [0.15, 0.2) is 0 Å². The number of halogens is 1. The molecule has 4 heteroatoms. The predicted octanol–water partition coefficient (Wildman–Crippen LogP) is 4.17. The molecule has 0 fully saturated rings. The van der Waals surface area contributed by atoms with E-state index in [1.807, 2.05) is 12.1 Å².